The molecule has 5 rings (SSSR count). The third-order valence-corrected chi connectivity index (χ3v) is 6.23. The number of hydrogen-bond acceptors (Lipinski definition) is 4. The fraction of sp³-hybridized carbons (Fsp3) is 0.300. The molecule has 1 saturated heterocycles. The van der Waals surface area contributed by atoms with Crippen molar-refractivity contribution in [1.82, 2.24) is 19.4 Å². The van der Waals surface area contributed by atoms with Crippen LogP contribution in [0.15, 0.2) is 60.2 Å². The van der Waals surface area contributed by atoms with E-state index >= 15 is 0 Å². The van der Waals surface area contributed by atoms with E-state index in [1.165, 1.54) is 4.88 Å². The first-order chi connectivity index (χ1) is 12.8. The molecule has 0 saturated carbocycles. The van der Waals surface area contributed by atoms with Gasteiger partial charge in [0.2, 0.25) is 0 Å². The lowest BCUT2D eigenvalue weighted by Gasteiger charge is -2.38. The van der Waals surface area contributed by atoms with Gasteiger partial charge in [0.05, 0.1) is 24.3 Å². The van der Waals surface area contributed by atoms with Crippen LogP contribution in [-0.4, -0.2) is 44.4 Å². The molecule has 1 fully saturated rings. The van der Waals surface area contributed by atoms with Crippen LogP contribution < -0.4 is 0 Å². The maximum absolute atomic E-state index is 13.1. The molecule has 5 heterocycles. The Morgan fingerprint density at radius 3 is 2.77 bits per heavy atom. The van der Waals surface area contributed by atoms with Crippen molar-refractivity contribution < 1.29 is 4.79 Å². The molecule has 6 heteroatoms. The first-order valence-electron chi connectivity index (χ1n) is 8.92. The Labute approximate surface area is 156 Å². The van der Waals surface area contributed by atoms with Crippen molar-refractivity contribution in [3.8, 4) is 0 Å². The number of fused-ring (bicyclic) bond motifs is 3. The van der Waals surface area contributed by atoms with E-state index in [0.29, 0.717) is 12.6 Å². The number of nitrogens with zero attached hydrogens (tertiary/aromatic N) is 4. The van der Waals surface area contributed by atoms with Crippen LogP contribution in [0.1, 0.15) is 27.1 Å². The van der Waals surface area contributed by atoms with Crippen molar-refractivity contribution in [2.75, 3.05) is 13.1 Å². The van der Waals surface area contributed by atoms with E-state index < -0.39 is 0 Å². The van der Waals surface area contributed by atoms with Crippen molar-refractivity contribution in [3.05, 3.63) is 76.5 Å². The summed E-state index contributed by atoms with van der Waals surface area (Å²) in [5.41, 5.74) is 1.89. The van der Waals surface area contributed by atoms with E-state index in [2.05, 4.69) is 49.1 Å². The standard InChI is InChI=1S/C20H20N4OS/c25-20-17-7-3-9-23(17)18-13-22(11-15-5-1-2-8-21-15)14-19(18)24(20)12-16-6-4-10-26-16/h1-10,18-19H,11-14H2. The van der Waals surface area contributed by atoms with E-state index in [0.717, 1.165) is 31.0 Å². The molecule has 0 aromatic carbocycles. The molecule has 1 amide bonds. The number of carbonyl (C=O) groups is 1. The quantitative estimate of drug-likeness (QED) is 0.715. The smallest absolute Gasteiger partial charge is 0.271 e. The Morgan fingerprint density at radius 2 is 1.96 bits per heavy atom. The highest BCUT2D eigenvalue weighted by molar-refractivity contribution is 7.09. The molecule has 2 aliphatic rings. The molecule has 0 spiro atoms. The summed E-state index contributed by atoms with van der Waals surface area (Å²) in [7, 11) is 0. The second kappa shape index (κ2) is 6.37. The van der Waals surface area contributed by atoms with Crippen LogP contribution >= 0.6 is 11.3 Å². The summed E-state index contributed by atoms with van der Waals surface area (Å²) in [5, 5.41) is 2.08. The fourth-order valence-corrected chi connectivity index (χ4v) is 4.90. The molecule has 0 N–H and O–H groups in total. The zero-order valence-electron chi connectivity index (χ0n) is 14.4. The number of aromatic nitrogens is 2. The normalized spacial score (nSPS) is 22.5. The summed E-state index contributed by atoms with van der Waals surface area (Å²) in [6.45, 7) is 3.35. The summed E-state index contributed by atoms with van der Waals surface area (Å²) in [6, 6.07) is 14.6. The van der Waals surface area contributed by atoms with Crippen molar-refractivity contribution in [2.24, 2.45) is 0 Å². The summed E-state index contributed by atoms with van der Waals surface area (Å²) in [6.07, 6.45) is 3.90. The number of thiophene rings is 1. The number of rotatable bonds is 4. The molecule has 2 atom stereocenters. The van der Waals surface area contributed by atoms with Crippen LogP contribution in [-0.2, 0) is 13.1 Å². The Kier molecular flexibility index (Phi) is 3.87. The predicted molar refractivity (Wildman–Crippen MR) is 101 cm³/mol. The van der Waals surface area contributed by atoms with Crippen LogP contribution in [0.4, 0.5) is 0 Å². The lowest BCUT2D eigenvalue weighted by Crippen LogP contribution is -2.49. The number of carbonyl (C=O) groups excluding carboxylic acids is 1. The van der Waals surface area contributed by atoms with Crippen LogP contribution in [0.5, 0.6) is 0 Å². The van der Waals surface area contributed by atoms with Gasteiger partial charge in [0.1, 0.15) is 5.69 Å². The Bertz CT molecular complexity index is 905. The Morgan fingerprint density at radius 1 is 1.04 bits per heavy atom. The predicted octanol–water partition coefficient (Wildman–Crippen LogP) is 3.03. The lowest BCUT2D eigenvalue weighted by molar-refractivity contribution is 0.0559. The highest BCUT2D eigenvalue weighted by Crippen LogP contribution is 2.35. The summed E-state index contributed by atoms with van der Waals surface area (Å²) >= 11 is 1.72. The van der Waals surface area contributed by atoms with Gasteiger partial charge in [0.15, 0.2) is 0 Å². The number of hydrogen-bond donors (Lipinski definition) is 0. The molecular weight excluding hydrogens is 344 g/mol. The minimum Gasteiger partial charge on any atom is -0.337 e. The minimum atomic E-state index is 0.143. The second-order valence-corrected chi connectivity index (χ2v) is 8.00. The van der Waals surface area contributed by atoms with Gasteiger partial charge in [-0.3, -0.25) is 14.7 Å². The molecule has 0 bridgehead atoms. The van der Waals surface area contributed by atoms with Crippen molar-refractivity contribution in [3.63, 3.8) is 0 Å². The van der Waals surface area contributed by atoms with Gasteiger partial charge in [-0.15, -0.1) is 11.3 Å². The van der Waals surface area contributed by atoms with E-state index in [1.54, 1.807) is 11.3 Å². The molecule has 0 radical (unpaired) electrons. The van der Waals surface area contributed by atoms with Gasteiger partial charge < -0.3 is 9.47 Å². The molecule has 3 aromatic heterocycles. The largest absolute Gasteiger partial charge is 0.337 e. The lowest BCUT2D eigenvalue weighted by atomic mass is 10.1. The Balaban J connectivity index is 1.44. The minimum absolute atomic E-state index is 0.143. The molecule has 5 nitrogen and oxygen atoms in total. The summed E-state index contributed by atoms with van der Waals surface area (Å²) in [4.78, 5) is 23.3. The molecule has 2 unspecified atom stereocenters. The van der Waals surface area contributed by atoms with Gasteiger partial charge in [-0.2, -0.15) is 0 Å². The maximum Gasteiger partial charge on any atom is 0.271 e. The summed E-state index contributed by atoms with van der Waals surface area (Å²) < 4.78 is 2.18. The third kappa shape index (κ3) is 2.66. The Hall–Kier alpha value is -2.44. The average molecular weight is 364 g/mol. The monoisotopic (exact) mass is 364 g/mol. The third-order valence-electron chi connectivity index (χ3n) is 5.37. The van der Waals surface area contributed by atoms with E-state index in [4.69, 9.17) is 0 Å². The highest BCUT2D eigenvalue weighted by Gasteiger charge is 2.44. The molecule has 26 heavy (non-hydrogen) atoms. The molecule has 2 aliphatic heterocycles. The van der Waals surface area contributed by atoms with Crippen molar-refractivity contribution >= 4 is 17.2 Å². The average Bonchev–Trinajstić information content (AvgIpc) is 3.39. The van der Waals surface area contributed by atoms with Crippen molar-refractivity contribution in [2.45, 2.75) is 25.2 Å². The number of pyridine rings is 1. The zero-order valence-corrected chi connectivity index (χ0v) is 15.2. The molecule has 0 aliphatic carbocycles. The molecule has 132 valence electrons. The van der Waals surface area contributed by atoms with Gasteiger partial charge in [-0.25, -0.2) is 0 Å². The summed E-state index contributed by atoms with van der Waals surface area (Å²) in [5.74, 6) is 0.143. The fourth-order valence-electron chi connectivity index (χ4n) is 4.20. The van der Waals surface area contributed by atoms with Crippen LogP contribution in [0.2, 0.25) is 0 Å². The first kappa shape index (κ1) is 15.8. The van der Waals surface area contributed by atoms with Crippen molar-refractivity contribution in [1.29, 1.82) is 0 Å². The van der Waals surface area contributed by atoms with Crippen LogP contribution in [0.25, 0.3) is 0 Å². The maximum atomic E-state index is 13.1. The van der Waals surface area contributed by atoms with Crippen LogP contribution in [0, 0.1) is 0 Å². The van der Waals surface area contributed by atoms with E-state index in [-0.39, 0.29) is 11.9 Å². The molecule has 3 aromatic rings. The highest BCUT2D eigenvalue weighted by atomic mass is 32.1. The van der Waals surface area contributed by atoms with E-state index in [9.17, 15) is 4.79 Å². The van der Waals surface area contributed by atoms with Gasteiger partial charge in [-0.1, -0.05) is 12.1 Å². The van der Waals surface area contributed by atoms with E-state index in [1.807, 2.05) is 30.5 Å². The number of likely N-dealkylation sites (tertiary alicyclic amines) is 1. The first-order valence-corrected chi connectivity index (χ1v) is 9.80. The zero-order chi connectivity index (χ0) is 17.5. The van der Waals surface area contributed by atoms with Gasteiger partial charge in [-0.05, 0) is 35.7 Å². The van der Waals surface area contributed by atoms with Gasteiger partial charge in [0, 0.05) is 36.9 Å². The second-order valence-electron chi connectivity index (χ2n) is 6.96. The molecular formula is C20H20N4OS. The number of amides is 1. The topological polar surface area (TPSA) is 41.4 Å². The van der Waals surface area contributed by atoms with Gasteiger partial charge >= 0.3 is 0 Å². The SMILES string of the molecule is O=C1c2cccn2C2CN(Cc3ccccn3)CC2N1Cc1cccs1. The van der Waals surface area contributed by atoms with Gasteiger partial charge in [0.25, 0.3) is 5.91 Å². The van der Waals surface area contributed by atoms with Crippen LogP contribution in [0.3, 0.4) is 0 Å².